The average Bonchev–Trinajstić information content (AvgIpc) is 3.29. The van der Waals surface area contributed by atoms with Gasteiger partial charge in [-0.15, -0.1) is 0 Å². The van der Waals surface area contributed by atoms with Crippen LogP contribution in [0.25, 0.3) is 0 Å². The Balaban J connectivity index is 1.43. The fourth-order valence-electron chi connectivity index (χ4n) is 3.08. The van der Waals surface area contributed by atoms with Crippen molar-refractivity contribution in [3.05, 3.63) is 77.3 Å². The number of hydrogen-bond donors (Lipinski definition) is 1. The fourth-order valence-corrected chi connectivity index (χ4v) is 3.08. The van der Waals surface area contributed by atoms with E-state index in [4.69, 9.17) is 9.15 Å². The molecule has 5 nitrogen and oxygen atoms in total. The molecule has 0 aliphatic carbocycles. The summed E-state index contributed by atoms with van der Waals surface area (Å²) in [4.78, 5) is 12.5. The number of nitrogens with zero attached hydrogens (tertiary/aromatic N) is 1. The molecule has 0 unspecified atom stereocenters. The summed E-state index contributed by atoms with van der Waals surface area (Å²) in [5, 5.41) is 2.96. The first kappa shape index (κ1) is 19.7. The topological polar surface area (TPSA) is 56.4 Å². The Kier molecular flexibility index (Phi) is 6.53. The maximum Gasteiger partial charge on any atom is 0.253 e. The van der Waals surface area contributed by atoms with Crippen LogP contribution in [0.5, 0.6) is 5.75 Å². The number of nitrogens with one attached hydrogen (secondary N) is 1. The molecule has 0 atom stereocenters. The first-order valence-corrected chi connectivity index (χ1v) is 9.40. The molecule has 0 saturated heterocycles. The van der Waals surface area contributed by atoms with Crippen molar-refractivity contribution in [3.63, 3.8) is 0 Å². The molecule has 1 amide bonds. The van der Waals surface area contributed by atoms with E-state index in [1.807, 2.05) is 32.0 Å². The number of unbranched alkanes of at least 4 members (excludes halogenated alkanes) is 1. The highest BCUT2D eigenvalue weighted by Gasteiger charge is 2.16. The molecular weight excluding hydrogens is 359 g/mol. The lowest BCUT2D eigenvalue weighted by molar-refractivity contribution is 0.0951. The Hall–Kier alpha value is -3.02. The minimum absolute atomic E-state index is 0.0711. The summed E-state index contributed by atoms with van der Waals surface area (Å²) in [6.45, 7) is 5.65. The van der Waals surface area contributed by atoms with Crippen LogP contribution in [0.1, 0.15) is 40.3 Å². The number of carbonyl (C=O) groups is 1. The normalized spacial score (nSPS) is 10.8. The van der Waals surface area contributed by atoms with Crippen molar-refractivity contribution in [2.45, 2.75) is 33.2 Å². The van der Waals surface area contributed by atoms with Gasteiger partial charge in [0.05, 0.1) is 25.0 Å². The van der Waals surface area contributed by atoms with E-state index in [0.717, 1.165) is 30.0 Å². The molecule has 1 aromatic carbocycles. The number of aromatic nitrogens is 1. The second-order valence-electron chi connectivity index (χ2n) is 6.72. The largest absolute Gasteiger partial charge is 0.494 e. The van der Waals surface area contributed by atoms with Crippen LogP contribution < -0.4 is 10.1 Å². The number of ether oxygens (including phenoxy) is 1. The number of carbonyl (C=O) groups excluding carboxylic acids is 1. The Bertz CT molecular complexity index is 899. The molecular formula is C22H25FN2O3. The van der Waals surface area contributed by atoms with Gasteiger partial charge in [-0.2, -0.15) is 0 Å². The second kappa shape index (κ2) is 9.26. The maximum atomic E-state index is 12.8. The molecule has 28 heavy (non-hydrogen) atoms. The van der Waals surface area contributed by atoms with Gasteiger partial charge in [-0.25, -0.2) is 4.39 Å². The Morgan fingerprint density at radius 1 is 1.18 bits per heavy atom. The number of amides is 1. The highest BCUT2D eigenvalue weighted by molar-refractivity contribution is 5.95. The van der Waals surface area contributed by atoms with E-state index in [9.17, 15) is 9.18 Å². The second-order valence-corrected chi connectivity index (χ2v) is 6.72. The Labute approximate surface area is 164 Å². The number of benzene rings is 1. The summed E-state index contributed by atoms with van der Waals surface area (Å²) in [5.74, 6) is 1.15. The molecule has 0 saturated carbocycles. The molecule has 2 aromatic heterocycles. The van der Waals surface area contributed by atoms with Crippen LogP contribution in [0.4, 0.5) is 4.39 Å². The first-order chi connectivity index (χ1) is 13.5. The summed E-state index contributed by atoms with van der Waals surface area (Å²) in [6, 6.07) is 11.6. The number of furan rings is 1. The van der Waals surface area contributed by atoms with Crippen molar-refractivity contribution < 1.29 is 18.3 Å². The van der Waals surface area contributed by atoms with Crippen LogP contribution in [-0.4, -0.2) is 23.6 Å². The van der Waals surface area contributed by atoms with Crippen LogP contribution >= 0.6 is 0 Å². The molecule has 0 fully saturated rings. The van der Waals surface area contributed by atoms with E-state index >= 15 is 0 Å². The molecule has 0 bridgehead atoms. The SMILES string of the molecule is Cc1cc(C(=O)NCCCCOc2ccc(F)cc2)c(C)n1Cc1ccco1. The van der Waals surface area contributed by atoms with Gasteiger partial charge in [0.1, 0.15) is 17.3 Å². The quantitative estimate of drug-likeness (QED) is 0.554. The highest BCUT2D eigenvalue weighted by atomic mass is 19.1. The molecule has 1 N–H and O–H groups in total. The Morgan fingerprint density at radius 2 is 1.96 bits per heavy atom. The first-order valence-electron chi connectivity index (χ1n) is 9.40. The zero-order chi connectivity index (χ0) is 19.9. The van der Waals surface area contributed by atoms with Crippen LogP contribution in [0.15, 0.2) is 53.1 Å². The minimum atomic E-state index is -0.279. The summed E-state index contributed by atoms with van der Waals surface area (Å²) < 4.78 is 25.9. The van der Waals surface area contributed by atoms with Crippen molar-refractivity contribution in [1.29, 1.82) is 0 Å². The van der Waals surface area contributed by atoms with Crippen molar-refractivity contribution in [2.24, 2.45) is 0 Å². The molecule has 0 spiro atoms. The van der Waals surface area contributed by atoms with Gasteiger partial charge >= 0.3 is 0 Å². The standard InChI is InChI=1S/C22H25FN2O3/c1-16-14-21(17(2)25(16)15-20-6-5-13-28-20)22(26)24-11-3-4-12-27-19-9-7-18(23)8-10-19/h5-10,13-14H,3-4,11-12,15H2,1-2H3,(H,24,26). The van der Waals surface area contributed by atoms with Crippen molar-refractivity contribution >= 4 is 5.91 Å². The summed E-state index contributed by atoms with van der Waals surface area (Å²) >= 11 is 0. The lowest BCUT2D eigenvalue weighted by Crippen LogP contribution is -2.25. The molecule has 3 rings (SSSR count). The molecule has 0 radical (unpaired) electrons. The average molecular weight is 384 g/mol. The van der Waals surface area contributed by atoms with E-state index in [2.05, 4.69) is 9.88 Å². The van der Waals surface area contributed by atoms with Crippen LogP contribution in [0.3, 0.4) is 0 Å². The van der Waals surface area contributed by atoms with Gasteiger partial charge in [0.25, 0.3) is 5.91 Å². The van der Waals surface area contributed by atoms with Gasteiger partial charge in [0, 0.05) is 17.9 Å². The van der Waals surface area contributed by atoms with Crippen LogP contribution in [0, 0.1) is 19.7 Å². The highest BCUT2D eigenvalue weighted by Crippen LogP contribution is 2.17. The fraction of sp³-hybridized carbons (Fsp3) is 0.318. The predicted octanol–water partition coefficient (Wildman–Crippen LogP) is 4.47. The zero-order valence-corrected chi connectivity index (χ0v) is 16.2. The summed E-state index contributed by atoms with van der Waals surface area (Å²) in [5.41, 5.74) is 2.63. The monoisotopic (exact) mass is 384 g/mol. The van der Waals surface area contributed by atoms with Gasteiger partial charge in [-0.3, -0.25) is 4.79 Å². The van der Waals surface area contributed by atoms with Gasteiger partial charge < -0.3 is 19.0 Å². The van der Waals surface area contributed by atoms with E-state index < -0.39 is 0 Å². The Morgan fingerprint density at radius 3 is 2.68 bits per heavy atom. The van der Waals surface area contributed by atoms with E-state index in [1.54, 1.807) is 18.4 Å². The molecule has 3 aromatic rings. The summed E-state index contributed by atoms with van der Waals surface area (Å²) in [6.07, 6.45) is 3.25. The maximum absolute atomic E-state index is 12.8. The van der Waals surface area contributed by atoms with Gasteiger partial charge in [0.2, 0.25) is 0 Å². The van der Waals surface area contributed by atoms with Crippen LogP contribution in [0.2, 0.25) is 0 Å². The zero-order valence-electron chi connectivity index (χ0n) is 16.2. The lowest BCUT2D eigenvalue weighted by Gasteiger charge is -2.09. The van der Waals surface area contributed by atoms with Gasteiger partial charge in [-0.1, -0.05) is 0 Å². The van der Waals surface area contributed by atoms with E-state index in [0.29, 0.717) is 31.0 Å². The number of aryl methyl sites for hydroxylation is 1. The third-order valence-corrected chi connectivity index (χ3v) is 4.65. The molecule has 0 aliphatic heterocycles. The van der Waals surface area contributed by atoms with E-state index in [1.165, 1.54) is 12.1 Å². The third kappa shape index (κ3) is 5.03. The van der Waals surface area contributed by atoms with Gasteiger partial charge in [-0.05, 0) is 69.2 Å². The number of rotatable bonds is 9. The third-order valence-electron chi connectivity index (χ3n) is 4.65. The van der Waals surface area contributed by atoms with E-state index in [-0.39, 0.29) is 11.7 Å². The summed E-state index contributed by atoms with van der Waals surface area (Å²) in [7, 11) is 0. The molecule has 2 heterocycles. The molecule has 0 aliphatic rings. The smallest absolute Gasteiger partial charge is 0.253 e. The van der Waals surface area contributed by atoms with Crippen molar-refractivity contribution in [2.75, 3.05) is 13.2 Å². The number of halogens is 1. The number of hydrogen-bond acceptors (Lipinski definition) is 3. The predicted molar refractivity (Wildman–Crippen MR) is 105 cm³/mol. The van der Waals surface area contributed by atoms with Gasteiger partial charge in [0.15, 0.2) is 0 Å². The van der Waals surface area contributed by atoms with Crippen LogP contribution in [-0.2, 0) is 6.54 Å². The minimum Gasteiger partial charge on any atom is -0.494 e. The lowest BCUT2D eigenvalue weighted by atomic mass is 10.2. The van der Waals surface area contributed by atoms with Crippen molar-refractivity contribution in [1.82, 2.24) is 9.88 Å². The molecule has 148 valence electrons. The molecule has 6 heteroatoms. The van der Waals surface area contributed by atoms with Crippen molar-refractivity contribution in [3.8, 4) is 5.75 Å².